The highest BCUT2D eigenvalue weighted by molar-refractivity contribution is 5.71. The fraction of sp³-hybridized carbons (Fsp3) is 0.724. The maximum atomic E-state index is 12.9. The predicted molar refractivity (Wildman–Crippen MR) is 357 cm³/mol. The number of rotatable bonds is 63. The van der Waals surface area contributed by atoms with Crippen molar-refractivity contribution in [2.45, 2.75) is 341 Å². The van der Waals surface area contributed by atoms with E-state index in [2.05, 4.69) is 130 Å². The van der Waals surface area contributed by atoms with Gasteiger partial charge in [-0.25, -0.2) is 0 Å². The van der Waals surface area contributed by atoms with Crippen molar-refractivity contribution in [1.82, 2.24) is 0 Å². The molecule has 6 nitrogen and oxygen atoms in total. The Balaban J connectivity index is 4.21. The molecule has 0 saturated carbocycles. The number of esters is 3. The van der Waals surface area contributed by atoms with Gasteiger partial charge in [0, 0.05) is 19.3 Å². The largest absolute Gasteiger partial charge is 0.462 e. The van der Waals surface area contributed by atoms with Gasteiger partial charge in [-0.15, -0.1) is 0 Å². The standard InChI is InChI=1S/C76H130O6/c1-4-7-10-13-16-19-22-25-28-30-31-32-33-34-35-36-37-38-39-40-41-42-43-44-45-46-49-51-54-57-60-63-66-69-75(78)81-72-73(71-80-74(77)68-65-62-59-56-53-50-47-27-24-21-18-15-12-9-6-3)82-76(79)70-67-64-61-58-55-52-48-29-26-23-20-17-14-11-8-5-2/h7,9-10,12,16,18-19,21,25,27-29,31-32,34-35,47-48,73H,4-6,8,11,13-15,17,20,22-24,26,30,33,36-46,49-72H2,1-3H3/b10-7-,12-9-,19-16-,21-18-,28-25-,32-31-,35-34-,47-27-,48-29-. The minimum Gasteiger partial charge on any atom is -0.462 e. The van der Waals surface area contributed by atoms with Gasteiger partial charge in [-0.05, 0) is 122 Å². The number of unbranched alkanes of at least 4 members (excludes halogenated alkanes) is 34. The minimum atomic E-state index is -0.790. The highest BCUT2D eigenvalue weighted by Crippen LogP contribution is 2.17. The average molecular weight is 1140 g/mol. The molecular formula is C76H130O6. The molecule has 0 heterocycles. The van der Waals surface area contributed by atoms with Crippen LogP contribution in [0.3, 0.4) is 0 Å². The molecule has 0 radical (unpaired) electrons. The van der Waals surface area contributed by atoms with Crippen LogP contribution in [0.25, 0.3) is 0 Å². The Bertz CT molecular complexity index is 1640. The Hall–Kier alpha value is -3.93. The first-order valence-corrected chi connectivity index (χ1v) is 34.9. The van der Waals surface area contributed by atoms with Crippen LogP contribution in [0, 0.1) is 0 Å². The molecule has 0 rings (SSSR count). The number of allylic oxidation sites excluding steroid dienone is 18. The van der Waals surface area contributed by atoms with E-state index in [4.69, 9.17) is 14.2 Å². The molecule has 0 aromatic rings. The summed E-state index contributed by atoms with van der Waals surface area (Å²) in [6.07, 6.45) is 95.5. The molecule has 0 spiro atoms. The summed E-state index contributed by atoms with van der Waals surface area (Å²) in [4.78, 5) is 38.4. The van der Waals surface area contributed by atoms with Crippen molar-refractivity contribution in [3.63, 3.8) is 0 Å². The summed E-state index contributed by atoms with van der Waals surface area (Å²) >= 11 is 0. The van der Waals surface area contributed by atoms with Gasteiger partial charge in [0.15, 0.2) is 6.10 Å². The summed E-state index contributed by atoms with van der Waals surface area (Å²) in [5.41, 5.74) is 0. The molecule has 0 aliphatic carbocycles. The lowest BCUT2D eigenvalue weighted by molar-refractivity contribution is -0.167. The van der Waals surface area contributed by atoms with E-state index < -0.39 is 6.10 Å². The highest BCUT2D eigenvalue weighted by Gasteiger charge is 2.19. The Morgan fingerprint density at radius 2 is 0.476 bits per heavy atom. The molecule has 0 aliphatic rings. The lowest BCUT2D eigenvalue weighted by Gasteiger charge is -2.18. The summed E-state index contributed by atoms with van der Waals surface area (Å²) < 4.78 is 16.9. The Morgan fingerprint density at radius 1 is 0.256 bits per heavy atom. The van der Waals surface area contributed by atoms with Crippen LogP contribution < -0.4 is 0 Å². The van der Waals surface area contributed by atoms with Crippen molar-refractivity contribution >= 4 is 17.9 Å². The molecule has 1 atom stereocenters. The molecule has 0 fully saturated rings. The predicted octanol–water partition coefficient (Wildman–Crippen LogP) is 24.2. The van der Waals surface area contributed by atoms with Gasteiger partial charge >= 0.3 is 17.9 Å². The van der Waals surface area contributed by atoms with E-state index in [0.29, 0.717) is 19.3 Å². The molecule has 470 valence electrons. The fourth-order valence-corrected chi connectivity index (χ4v) is 9.83. The Kier molecular flexibility index (Phi) is 66.2. The summed E-state index contributed by atoms with van der Waals surface area (Å²) in [5, 5.41) is 0. The van der Waals surface area contributed by atoms with Crippen molar-refractivity contribution in [1.29, 1.82) is 0 Å². The summed E-state index contributed by atoms with van der Waals surface area (Å²) in [5.74, 6) is -0.897. The number of hydrogen-bond donors (Lipinski definition) is 0. The van der Waals surface area contributed by atoms with Crippen molar-refractivity contribution in [3.8, 4) is 0 Å². The van der Waals surface area contributed by atoms with Crippen LogP contribution in [-0.2, 0) is 28.6 Å². The van der Waals surface area contributed by atoms with Gasteiger partial charge < -0.3 is 14.2 Å². The second-order valence-electron chi connectivity index (χ2n) is 23.0. The van der Waals surface area contributed by atoms with Crippen molar-refractivity contribution in [2.75, 3.05) is 13.2 Å². The van der Waals surface area contributed by atoms with Gasteiger partial charge in [0.25, 0.3) is 0 Å². The topological polar surface area (TPSA) is 78.9 Å². The maximum absolute atomic E-state index is 12.9. The zero-order chi connectivity index (χ0) is 59.2. The number of ether oxygens (including phenoxy) is 3. The summed E-state index contributed by atoms with van der Waals surface area (Å²) in [6.45, 7) is 6.42. The van der Waals surface area contributed by atoms with Crippen molar-refractivity contribution < 1.29 is 28.6 Å². The summed E-state index contributed by atoms with van der Waals surface area (Å²) in [7, 11) is 0. The number of hydrogen-bond acceptors (Lipinski definition) is 6. The smallest absolute Gasteiger partial charge is 0.306 e. The molecule has 6 heteroatoms. The Morgan fingerprint density at radius 3 is 0.756 bits per heavy atom. The van der Waals surface area contributed by atoms with E-state index in [0.717, 1.165) is 141 Å². The number of carbonyl (C=O) groups excluding carboxylic acids is 3. The second-order valence-corrected chi connectivity index (χ2v) is 23.0. The molecule has 0 N–H and O–H groups in total. The monoisotopic (exact) mass is 1140 g/mol. The van der Waals surface area contributed by atoms with E-state index in [9.17, 15) is 14.4 Å². The first-order chi connectivity index (χ1) is 40.5. The third-order valence-corrected chi connectivity index (χ3v) is 15.0. The lowest BCUT2D eigenvalue weighted by atomic mass is 10.0. The third kappa shape index (κ3) is 66.9. The second kappa shape index (κ2) is 69.6. The molecule has 0 amide bonds. The third-order valence-electron chi connectivity index (χ3n) is 15.0. The molecule has 0 aromatic heterocycles. The first kappa shape index (κ1) is 78.1. The molecule has 0 aromatic carbocycles. The van der Waals surface area contributed by atoms with Crippen molar-refractivity contribution in [2.24, 2.45) is 0 Å². The SMILES string of the molecule is CC/C=C\C/C=C\C/C=C\C/C=C\C/C=C\CCCCCCCCCCCCCCCCCCCC(=O)OCC(COC(=O)CCCCCCC/C=C\C/C=C\C/C=C\CC)OC(=O)CCCCCCC/C=C\CCCCCCCCC. The van der Waals surface area contributed by atoms with Crippen LogP contribution in [0.2, 0.25) is 0 Å². The maximum Gasteiger partial charge on any atom is 0.306 e. The molecule has 0 bridgehead atoms. The van der Waals surface area contributed by atoms with Gasteiger partial charge in [-0.1, -0.05) is 304 Å². The zero-order valence-corrected chi connectivity index (χ0v) is 54.0. The molecule has 0 aliphatic heterocycles. The lowest BCUT2D eigenvalue weighted by Crippen LogP contribution is -2.30. The fourth-order valence-electron chi connectivity index (χ4n) is 9.83. The molecule has 1 unspecified atom stereocenters. The molecular weight excluding hydrogens is 1010 g/mol. The van der Waals surface area contributed by atoms with Crippen LogP contribution in [0.15, 0.2) is 109 Å². The van der Waals surface area contributed by atoms with Crippen LogP contribution in [-0.4, -0.2) is 37.2 Å². The van der Waals surface area contributed by atoms with Gasteiger partial charge in [0.2, 0.25) is 0 Å². The van der Waals surface area contributed by atoms with E-state index in [1.165, 1.54) is 154 Å². The van der Waals surface area contributed by atoms with Gasteiger partial charge in [0.05, 0.1) is 0 Å². The molecule has 0 saturated heterocycles. The van der Waals surface area contributed by atoms with Gasteiger partial charge in [-0.2, -0.15) is 0 Å². The minimum absolute atomic E-state index is 0.0845. The summed E-state index contributed by atoms with van der Waals surface area (Å²) in [6, 6.07) is 0. The van der Waals surface area contributed by atoms with Crippen LogP contribution >= 0.6 is 0 Å². The highest BCUT2D eigenvalue weighted by atomic mass is 16.6. The molecule has 82 heavy (non-hydrogen) atoms. The van der Waals surface area contributed by atoms with E-state index in [1.54, 1.807) is 0 Å². The van der Waals surface area contributed by atoms with Crippen LogP contribution in [0.5, 0.6) is 0 Å². The Labute approximate surface area is 508 Å². The van der Waals surface area contributed by atoms with E-state index in [-0.39, 0.29) is 31.1 Å². The van der Waals surface area contributed by atoms with E-state index in [1.807, 2.05) is 0 Å². The van der Waals surface area contributed by atoms with Crippen LogP contribution in [0.1, 0.15) is 335 Å². The zero-order valence-electron chi connectivity index (χ0n) is 54.0. The van der Waals surface area contributed by atoms with Gasteiger partial charge in [-0.3, -0.25) is 14.4 Å². The normalized spacial score (nSPS) is 12.8. The average Bonchev–Trinajstić information content (AvgIpc) is 3.47. The quantitative estimate of drug-likeness (QED) is 0.0261. The number of carbonyl (C=O) groups is 3. The first-order valence-electron chi connectivity index (χ1n) is 34.9. The van der Waals surface area contributed by atoms with Crippen molar-refractivity contribution in [3.05, 3.63) is 109 Å². The van der Waals surface area contributed by atoms with Crippen LogP contribution in [0.4, 0.5) is 0 Å². The van der Waals surface area contributed by atoms with Gasteiger partial charge in [0.1, 0.15) is 13.2 Å². The van der Waals surface area contributed by atoms with E-state index >= 15 is 0 Å².